The molecular weight excluding hydrogens is 469 g/mol. The van der Waals surface area contributed by atoms with Crippen LogP contribution < -0.4 is 10.0 Å². The molecule has 0 saturated carbocycles. The molecule has 0 aromatic heterocycles. The van der Waals surface area contributed by atoms with Crippen LogP contribution in [0.4, 0.5) is 10.1 Å². The number of anilines is 1. The molecule has 0 spiro atoms. The molecule has 1 fully saturated rings. The molecule has 2 N–H and O–H groups in total. The molecule has 1 aliphatic heterocycles. The number of carbonyl (C=O) groups is 1. The van der Waals surface area contributed by atoms with Gasteiger partial charge < -0.3 is 10.1 Å². The highest BCUT2D eigenvalue weighted by Gasteiger charge is 2.18. The Morgan fingerprint density at radius 2 is 1.71 bits per heavy atom. The van der Waals surface area contributed by atoms with E-state index in [0.717, 1.165) is 44.0 Å². The lowest BCUT2D eigenvalue weighted by Gasteiger charge is -2.26. The fourth-order valence-corrected chi connectivity index (χ4v) is 4.96. The number of rotatable bonds is 8. The van der Waals surface area contributed by atoms with Gasteiger partial charge in [-0.15, -0.1) is 0 Å². The van der Waals surface area contributed by atoms with E-state index in [4.69, 9.17) is 4.74 Å². The molecule has 1 amide bonds. The molecule has 3 aromatic carbocycles. The number of morpholine rings is 1. The SMILES string of the molecule is Cc1ccc(S(=O)(=O)Nc2ccc(F)cc2)cc1C(=O)NCc1cccc(CN2CCOCC2)c1. The predicted octanol–water partition coefficient (Wildman–Crippen LogP) is 3.70. The third-order valence-electron chi connectivity index (χ3n) is 5.81. The predicted molar refractivity (Wildman–Crippen MR) is 132 cm³/mol. The molecule has 0 bridgehead atoms. The Morgan fingerprint density at radius 1 is 1.00 bits per heavy atom. The van der Waals surface area contributed by atoms with E-state index < -0.39 is 15.8 Å². The fourth-order valence-electron chi connectivity index (χ4n) is 3.88. The van der Waals surface area contributed by atoms with Crippen molar-refractivity contribution in [3.63, 3.8) is 0 Å². The van der Waals surface area contributed by atoms with Gasteiger partial charge in [0.25, 0.3) is 15.9 Å². The van der Waals surface area contributed by atoms with Gasteiger partial charge in [0.05, 0.1) is 18.1 Å². The minimum Gasteiger partial charge on any atom is -0.379 e. The molecule has 0 atom stereocenters. The number of hydrogen-bond acceptors (Lipinski definition) is 5. The number of amides is 1. The lowest BCUT2D eigenvalue weighted by atomic mass is 10.1. The van der Waals surface area contributed by atoms with E-state index in [1.165, 1.54) is 36.4 Å². The number of hydrogen-bond donors (Lipinski definition) is 2. The van der Waals surface area contributed by atoms with Crippen molar-refractivity contribution in [2.24, 2.45) is 0 Å². The highest BCUT2D eigenvalue weighted by atomic mass is 32.2. The maximum atomic E-state index is 13.1. The molecule has 0 unspecified atom stereocenters. The minimum absolute atomic E-state index is 0.0508. The van der Waals surface area contributed by atoms with Crippen LogP contribution in [0.25, 0.3) is 0 Å². The number of nitrogens with zero attached hydrogens (tertiary/aromatic N) is 1. The van der Waals surface area contributed by atoms with Gasteiger partial charge in [0.15, 0.2) is 0 Å². The fraction of sp³-hybridized carbons (Fsp3) is 0.269. The zero-order valence-corrected chi connectivity index (χ0v) is 20.3. The number of halogens is 1. The number of sulfonamides is 1. The smallest absolute Gasteiger partial charge is 0.261 e. The molecule has 0 aliphatic carbocycles. The van der Waals surface area contributed by atoms with Gasteiger partial charge in [-0.1, -0.05) is 30.3 Å². The normalized spacial score (nSPS) is 14.5. The van der Waals surface area contributed by atoms with Crippen LogP contribution in [0, 0.1) is 12.7 Å². The third-order valence-corrected chi connectivity index (χ3v) is 7.19. The van der Waals surface area contributed by atoms with Crippen molar-refractivity contribution >= 4 is 21.6 Å². The van der Waals surface area contributed by atoms with Crippen LogP contribution in [0.2, 0.25) is 0 Å². The van der Waals surface area contributed by atoms with E-state index in [2.05, 4.69) is 27.1 Å². The second-order valence-electron chi connectivity index (χ2n) is 8.48. The summed E-state index contributed by atoms with van der Waals surface area (Å²) in [5, 5.41) is 2.89. The Balaban J connectivity index is 1.43. The van der Waals surface area contributed by atoms with Crippen LogP contribution in [-0.4, -0.2) is 45.5 Å². The molecule has 1 heterocycles. The number of aryl methyl sites for hydroxylation is 1. The zero-order valence-electron chi connectivity index (χ0n) is 19.5. The van der Waals surface area contributed by atoms with Crippen molar-refractivity contribution in [3.8, 4) is 0 Å². The van der Waals surface area contributed by atoms with E-state index in [-0.39, 0.29) is 22.1 Å². The van der Waals surface area contributed by atoms with Crippen molar-refractivity contribution < 1.29 is 22.3 Å². The van der Waals surface area contributed by atoms with E-state index in [9.17, 15) is 17.6 Å². The Hall–Kier alpha value is -3.27. The van der Waals surface area contributed by atoms with Crippen LogP contribution >= 0.6 is 0 Å². The van der Waals surface area contributed by atoms with Gasteiger partial charge in [-0.2, -0.15) is 0 Å². The first-order valence-electron chi connectivity index (χ1n) is 11.4. The first-order valence-corrected chi connectivity index (χ1v) is 12.8. The van der Waals surface area contributed by atoms with Crippen molar-refractivity contribution in [1.29, 1.82) is 0 Å². The van der Waals surface area contributed by atoms with Crippen molar-refractivity contribution in [2.75, 3.05) is 31.0 Å². The van der Waals surface area contributed by atoms with Crippen molar-refractivity contribution in [2.45, 2.75) is 24.9 Å². The van der Waals surface area contributed by atoms with Crippen LogP contribution in [0.15, 0.2) is 71.6 Å². The number of ether oxygens (including phenoxy) is 1. The third kappa shape index (κ3) is 6.66. The monoisotopic (exact) mass is 497 g/mol. The number of nitrogens with one attached hydrogen (secondary N) is 2. The van der Waals surface area contributed by atoms with E-state index >= 15 is 0 Å². The van der Waals surface area contributed by atoms with Gasteiger partial charge in [-0.3, -0.25) is 14.4 Å². The van der Waals surface area contributed by atoms with Gasteiger partial charge in [0.1, 0.15) is 5.82 Å². The molecular formula is C26H28FN3O4S. The number of benzene rings is 3. The molecule has 4 rings (SSSR count). The summed E-state index contributed by atoms with van der Waals surface area (Å²) in [4.78, 5) is 15.2. The maximum absolute atomic E-state index is 13.1. The van der Waals surface area contributed by atoms with Gasteiger partial charge >= 0.3 is 0 Å². The average Bonchev–Trinajstić information content (AvgIpc) is 2.85. The molecule has 1 saturated heterocycles. The van der Waals surface area contributed by atoms with Crippen LogP contribution in [0.3, 0.4) is 0 Å². The van der Waals surface area contributed by atoms with Gasteiger partial charge in [0.2, 0.25) is 0 Å². The summed E-state index contributed by atoms with van der Waals surface area (Å²) in [5.74, 6) is -0.825. The van der Waals surface area contributed by atoms with E-state index in [0.29, 0.717) is 12.1 Å². The Kier molecular flexibility index (Phi) is 7.80. The van der Waals surface area contributed by atoms with Crippen molar-refractivity contribution in [1.82, 2.24) is 10.2 Å². The molecule has 9 heteroatoms. The standard InChI is InChI=1S/C26H28FN3O4S/c1-19-5-10-24(35(32,33)29-23-8-6-22(27)7-9-23)16-25(19)26(31)28-17-20-3-2-4-21(15-20)18-30-11-13-34-14-12-30/h2-10,15-16,29H,11-14,17-18H2,1H3,(H,28,31). The van der Waals surface area contributed by atoms with Crippen molar-refractivity contribution in [3.05, 3.63) is 94.8 Å². The first kappa shape index (κ1) is 24.8. The average molecular weight is 498 g/mol. The molecule has 1 aliphatic rings. The quantitative estimate of drug-likeness (QED) is 0.496. The summed E-state index contributed by atoms with van der Waals surface area (Å²) in [5.41, 5.74) is 3.29. The molecule has 0 radical (unpaired) electrons. The molecule has 7 nitrogen and oxygen atoms in total. The second kappa shape index (κ2) is 11.0. The highest BCUT2D eigenvalue weighted by Crippen LogP contribution is 2.20. The minimum atomic E-state index is -3.95. The van der Waals surface area contributed by atoms with Crippen LogP contribution in [0.1, 0.15) is 27.0 Å². The number of carbonyl (C=O) groups excluding carboxylic acids is 1. The lowest BCUT2D eigenvalue weighted by Crippen LogP contribution is -2.35. The molecule has 184 valence electrons. The molecule has 35 heavy (non-hydrogen) atoms. The summed E-state index contributed by atoms with van der Waals surface area (Å²) in [6.45, 7) is 6.17. The van der Waals surface area contributed by atoms with E-state index in [1.54, 1.807) is 13.0 Å². The first-order chi connectivity index (χ1) is 16.8. The summed E-state index contributed by atoms with van der Waals surface area (Å²) in [7, 11) is -3.95. The second-order valence-corrected chi connectivity index (χ2v) is 10.2. The van der Waals surface area contributed by atoms with Gasteiger partial charge in [-0.05, 0) is 60.0 Å². The summed E-state index contributed by atoms with van der Waals surface area (Å²) >= 11 is 0. The van der Waals surface area contributed by atoms with E-state index in [1.807, 2.05) is 12.1 Å². The largest absolute Gasteiger partial charge is 0.379 e. The van der Waals surface area contributed by atoms with Crippen LogP contribution in [-0.2, 0) is 27.8 Å². The Morgan fingerprint density at radius 3 is 2.46 bits per heavy atom. The maximum Gasteiger partial charge on any atom is 0.261 e. The highest BCUT2D eigenvalue weighted by molar-refractivity contribution is 7.92. The molecule has 3 aromatic rings. The van der Waals surface area contributed by atoms with Gasteiger partial charge in [0, 0.05) is 37.4 Å². The Bertz CT molecular complexity index is 1290. The topological polar surface area (TPSA) is 87.7 Å². The summed E-state index contributed by atoms with van der Waals surface area (Å²) < 4.78 is 46.5. The van der Waals surface area contributed by atoms with Crippen LogP contribution in [0.5, 0.6) is 0 Å². The zero-order chi connectivity index (χ0) is 24.8. The lowest BCUT2D eigenvalue weighted by molar-refractivity contribution is 0.0342. The summed E-state index contributed by atoms with van der Waals surface area (Å²) in [6, 6.07) is 17.4. The summed E-state index contributed by atoms with van der Waals surface area (Å²) in [6.07, 6.45) is 0. The van der Waals surface area contributed by atoms with Gasteiger partial charge in [-0.25, -0.2) is 12.8 Å². The Labute approximate surface area is 205 Å².